The van der Waals surface area contributed by atoms with Crippen molar-refractivity contribution in [2.24, 2.45) is 0 Å². The van der Waals surface area contributed by atoms with E-state index in [1.807, 2.05) is 32.2 Å². The van der Waals surface area contributed by atoms with Crippen LogP contribution >= 0.6 is 0 Å². The smallest absolute Gasteiger partial charge is 0.118 e. The molecule has 0 amide bonds. The lowest BCUT2D eigenvalue weighted by Crippen LogP contribution is -2.38. The molecule has 20 heavy (non-hydrogen) atoms. The predicted octanol–water partition coefficient (Wildman–Crippen LogP) is 2.86. The zero-order valence-corrected chi connectivity index (χ0v) is 12.0. The first-order chi connectivity index (χ1) is 9.70. The molecule has 1 fully saturated rings. The molecule has 1 aliphatic heterocycles. The summed E-state index contributed by atoms with van der Waals surface area (Å²) in [7, 11) is 0. The number of furan rings is 1. The van der Waals surface area contributed by atoms with E-state index in [1.165, 1.54) is 5.56 Å². The topological polar surface area (TPSA) is 38.5 Å². The van der Waals surface area contributed by atoms with E-state index in [4.69, 9.17) is 9.15 Å². The summed E-state index contributed by atoms with van der Waals surface area (Å²) >= 11 is 0. The summed E-state index contributed by atoms with van der Waals surface area (Å²) < 4.78 is 11.5. The van der Waals surface area contributed by atoms with E-state index in [2.05, 4.69) is 22.0 Å². The zero-order chi connectivity index (χ0) is 13.9. The summed E-state index contributed by atoms with van der Waals surface area (Å²) in [5.74, 6) is 1.98. The molecule has 3 rings (SSSR count). The van der Waals surface area contributed by atoms with E-state index < -0.39 is 0 Å². The molecule has 2 aromatic heterocycles. The van der Waals surface area contributed by atoms with Crippen LogP contribution in [0.25, 0.3) is 0 Å². The second-order valence-electron chi connectivity index (χ2n) is 5.37. The Morgan fingerprint density at radius 3 is 2.85 bits per heavy atom. The summed E-state index contributed by atoms with van der Waals surface area (Å²) in [6.07, 6.45) is 1.95. The lowest BCUT2D eigenvalue weighted by molar-refractivity contribution is -0.0367. The Morgan fingerprint density at radius 1 is 1.25 bits per heavy atom. The summed E-state index contributed by atoms with van der Waals surface area (Å²) in [6.45, 7) is 7.38. The predicted molar refractivity (Wildman–Crippen MR) is 76.4 cm³/mol. The first-order valence-electron chi connectivity index (χ1n) is 7.02. The Balaban J connectivity index is 1.65. The second-order valence-corrected chi connectivity index (χ2v) is 5.37. The Labute approximate surface area is 119 Å². The molecule has 0 bridgehead atoms. The number of rotatable bonds is 3. The minimum atomic E-state index is 0.0559. The van der Waals surface area contributed by atoms with Crippen molar-refractivity contribution in [1.82, 2.24) is 9.88 Å². The van der Waals surface area contributed by atoms with Gasteiger partial charge in [-0.3, -0.25) is 9.88 Å². The lowest BCUT2D eigenvalue weighted by Gasteiger charge is -2.32. The molecule has 3 heterocycles. The van der Waals surface area contributed by atoms with Gasteiger partial charge < -0.3 is 9.15 Å². The number of pyridine rings is 1. The van der Waals surface area contributed by atoms with Gasteiger partial charge in [0, 0.05) is 19.3 Å². The van der Waals surface area contributed by atoms with E-state index in [9.17, 15) is 0 Å². The van der Waals surface area contributed by atoms with Gasteiger partial charge in [0.15, 0.2) is 0 Å². The molecule has 4 heteroatoms. The van der Waals surface area contributed by atoms with Gasteiger partial charge in [0.2, 0.25) is 0 Å². The van der Waals surface area contributed by atoms with Gasteiger partial charge in [-0.25, -0.2) is 0 Å². The van der Waals surface area contributed by atoms with Gasteiger partial charge >= 0.3 is 0 Å². The Morgan fingerprint density at radius 2 is 2.15 bits per heavy atom. The van der Waals surface area contributed by atoms with E-state index in [-0.39, 0.29) is 6.10 Å². The third kappa shape index (κ3) is 3.08. The molecule has 0 spiro atoms. The van der Waals surface area contributed by atoms with Crippen LogP contribution in [0.15, 0.2) is 34.9 Å². The highest BCUT2D eigenvalue weighted by Crippen LogP contribution is 2.22. The molecule has 2 aromatic rings. The van der Waals surface area contributed by atoms with Gasteiger partial charge in [0.05, 0.1) is 18.8 Å². The van der Waals surface area contributed by atoms with Gasteiger partial charge in [-0.05, 0) is 37.6 Å². The maximum absolute atomic E-state index is 5.84. The molecular weight excluding hydrogens is 252 g/mol. The number of hydrogen-bond donors (Lipinski definition) is 0. The molecule has 0 saturated carbocycles. The quantitative estimate of drug-likeness (QED) is 0.861. The number of aryl methyl sites for hydroxylation is 2. The molecular formula is C16H20N2O2. The minimum Gasteiger partial charge on any atom is -0.465 e. The standard InChI is InChI=1S/C16H20N2O2/c1-12-3-6-15(17-9-12)16-11-18(7-8-19-16)10-14-5-4-13(2)20-14/h3-6,9,16H,7-8,10-11H2,1-2H3/t16-/m0/s1. The third-order valence-electron chi connectivity index (χ3n) is 3.59. The van der Waals surface area contributed by atoms with Gasteiger partial charge in [-0.1, -0.05) is 6.07 Å². The first-order valence-corrected chi connectivity index (χ1v) is 7.02. The normalized spacial score (nSPS) is 20.2. The molecule has 1 saturated heterocycles. The number of ether oxygens (including phenoxy) is 1. The van der Waals surface area contributed by atoms with Gasteiger partial charge in [-0.2, -0.15) is 0 Å². The Bertz CT molecular complexity index is 562. The van der Waals surface area contributed by atoms with Crippen LogP contribution in [0.5, 0.6) is 0 Å². The number of morpholine rings is 1. The molecule has 0 radical (unpaired) electrons. The summed E-state index contributed by atoms with van der Waals surface area (Å²) in [4.78, 5) is 6.83. The summed E-state index contributed by atoms with van der Waals surface area (Å²) in [5, 5.41) is 0. The fourth-order valence-electron chi connectivity index (χ4n) is 2.49. The molecule has 1 atom stereocenters. The average Bonchev–Trinajstić information content (AvgIpc) is 2.85. The van der Waals surface area contributed by atoms with Crippen LogP contribution in [0.1, 0.15) is 28.9 Å². The molecule has 0 aromatic carbocycles. The lowest BCUT2D eigenvalue weighted by atomic mass is 10.1. The van der Waals surface area contributed by atoms with Crippen LogP contribution < -0.4 is 0 Å². The van der Waals surface area contributed by atoms with Crippen molar-refractivity contribution in [3.05, 3.63) is 53.2 Å². The van der Waals surface area contributed by atoms with Crippen LogP contribution in [0.3, 0.4) is 0 Å². The molecule has 106 valence electrons. The number of nitrogens with zero attached hydrogens (tertiary/aromatic N) is 2. The van der Waals surface area contributed by atoms with Crippen LogP contribution in [0, 0.1) is 13.8 Å². The minimum absolute atomic E-state index is 0.0559. The molecule has 4 nitrogen and oxygen atoms in total. The maximum Gasteiger partial charge on any atom is 0.118 e. The van der Waals surface area contributed by atoms with Gasteiger partial charge in [0.1, 0.15) is 17.6 Å². The van der Waals surface area contributed by atoms with Crippen LogP contribution in [0.2, 0.25) is 0 Å². The molecule has 0 unspecified atom stereocenters. The number of hydrogen-bond acceptors (Lipinski definition) is 4. The highest BCUT2D eigenvalue weighted by atomic mass is 16.5. The zero-order valence-electron chi connectivity index (χ0n) is 12.0. The summed E-state index contributed by atoms with van der Waals surface area (Å²) in [6, 6.07) is 8.19. The van der Waals surface area contributed by atoms with Crippen molar-refractivity contribution in [1.29, 1.82) is 0 Å². The van der Waals surface area contributed by atoms with Gasteiger partial charge in [-0.15, -0.1) is 0 Å². The van der Waals surface area contributed by atoms with E-state index in [0.717, 1.165) is 43.5 Å². The average molecular weight is 272 g/mol. The Kier molecular flexibility index (Phi) is 3.85. The molecule has 0 aliphatic carbocycles. The molecule has 1 aliphatic rings. The fourth-order valence-corrected chi connectivity index (χ4v) is 2.49. The Hall–Kier alpha value is -1.65. The molecule has 0 N–H and O–H groups in total. The fraction of sp³-hybridized carbons (Fsp3) is 0.438. The van der Waals surface area contributed by atoms with Crippen molar-refractivity contribution in [3.8, 4) is 0 Å². The van der Waals surface area contributed by atoms with Crippen LogP contribution in [-0.2, 0) is 11.3 Å². The van der Waals surface area contributed by atoms with E-state index in [1.54, 1.807) is 0 Å². The first kappa shape index (κ1) is 13.3. The highest BCUT2D eigenvalue weighted by molar-refractivity contribution is 5.15. The van der Waals surface area contributed by atoms with Gasteiger partial charge in [0.25, 0.3) is 0 Å². The van der Waals surface area contributed by atoms with Crippen molar-refractivity contribution >= 4 is 0 Å². The summed E-state index contributed by atoms with van der Waals surface area (Å²) in [5.41, 5.74) is 2.18. The van der Waals surface area contributed by atoms with E-state index in [0.29, 0.717) is 0 Å². The number of aromatic nitrogens is 1. The van der Waals surface area contributed by atoms with Crippen molar-refractivity contribution in [3.63, 3.8) is 0 Å². The van der Waals surface area contributed by atoms with Crippen molar-refractivity contribution < 1.29 is 9.15 Å². The van der Waals surface area contributed by atoms with E-state index >= 15 is 0 Å². The highest BCUT2D eigenvalue weighted by Gasteiger charge is 2.23. The largest absolute Gasteiger partial charge is 0.465 e. The van der Waals surface area contributed by atoms with Crippen molar-refractivity contribution in [2.75, 3.05) is 19.7 Å². The van der Waals surface area contributed by atoms with Crippen LogP contribution in [0.4, 0.5) is 0 Å². The monoisotopic (exact) mass is 272 g/mol. The SMILES string of the molecule is Cc1ccc([C@@H]2CN(Cc3ccc(C)o3)CCO2)nc1. The van der Waals surface area contributed by atoms with Crippen molar-refractivity contribution in [2.45, 2.75) is 26.5 Å². The maximum atomic E-state index is 5.84. The van der Waals surface area contributed by atoms with Crippen LogP contribution in [-0.4, -0.2) is 29.6 Å². The third-order valence-corrected chi connectivity index (χ3v) is 3.59. The second kappa shape index (κ2) is 5.77.